The van der Waals surface area contributed by atoms with Crippen molar-refractivity contribution in [3.05, 3.63) is 41.7 Å². The molecule has 1 fully saturated rings. The van der Waals surface area contributed by atoms with E-state index in [0.717, 1.165) is 32.0 Å². The molecule has 0 spiro atoms. The van der Waals surface area contributed by atoms with Crippen LogP contribution >= 0.6 is 0 Å². The lowest BCUT2D eigenvalue weighted by atomic mass is 10.1. The third-order valence-corrected chi connectivity index (χ3v) is 4.06. The molecule has 0 saturated carbocycles. The van der Waals surface area contributed by atoms with Crippen LogP contribution in [0.5, 0.6) is 0 Å². The smallest absolute Gasteiger partial charge is 0.165 e. The van der Waals surface area contributed by atoms with E-state index in [9.17, 15) is 0 Å². The highest BCUT2D eigenvalue weighted by molar-refractivity contribution is 5.14. The summed E-state index contributed by atoms with van der Waals surface area (Å²) in [5, 5.41) is 15.5. The first-order valence-electron chi connectivity index (χ1n) is 7.54. The largest absolute Gasteiger partial charge is 0.316 e. The Balaban J connectivity index is 1.65. The number of rotatable bonds is 5. The molecule has 1 aromatic heterocycles. The van der Waals surface area contributed by atoms with Crippen molar-refractivity contribution in [2.24, 2.45) is 0 Å². The van der Waals surface area contributed by atoms with E-state index in [1.807, 2.05) is 29.9 Å². The molecule has 1 aromatic carbocycles. The second-order valence-electron chi connectivity index (χ2n) is 5.60. The lowest BCUT2D eigenvalue weighted by Gasteiger charge is -2.31. The molecule has 1 aliphatic rings. The highest BCUT2D eigenvalue weighted by atomic mass is 15.5. The van der Waals surface area contributed by atoms with Crippen molar-refractivity contribution >= 4 is 0 Å². The lowest BCUT2D eigenvalue weighted by Crippen LogP contribution is -2.44. The maximum atomic E-state index is 4.20. The van der Waals surface area contributed by atoms with Crippen LogP contribution in [0.3, 0.4) is 0 Å². The van der Waals surface area contributed by atoms with Crippen LogP contribution in [0.15, 0.2) is 30.3 Å². The predicted octanol–water partition coefficient (Wildman–Crippen LogP) is 0.905. The van der Waals surface area contributed by atoms with E-state index in [1.165, 1.54) is 18.4 Å². The molecule has 1 N–H and O–H groups in total. The van der Waals surface area contributed by atoms with Crippen LogP contribution in [0.1, 0.15) is 24.2 Å². The van der Waals surface area contributed by atoms with E-state index in [4.69, 9.17) is 0 Å². The van der Waals surface area contributed by atoms with Gasteiger partial charge in [0.25, 0.3) is 0 Å². The second kappa shape index (κ2) is 6.78. The van der Waals surface area contributed by atoms with Crippen molar-refractivity contribution < 1.29 is 0 Å². The minimum absolute atomic E-state index is 0.581. The molecule has 0 aliphatic carbocycles. The quantitative estimate of drug-likeness (QED) is 0.885. The van der Waals surface area contributed by atoms with Gasteiger partial charge in [0.05, 0.1) is 13.1 Å². The SMILES string of the molecule is CNC1CCCN(Cc2nnnn2Cc2ccccc2)C1. The van der Waals surface area contributed by atoms with Gasteiger partial charge >= 0.3 is 0 Å². The van der Waals surface area contributed by atoms with E-state index in [0.29, 0.717) is 6.04 Å². The molecule has 1 atom stereocenters. The summed E-state index contributed by atoms with van der Waals surface area (Å²) in [5.74, 6) is 0.940. The minimum atomic E-state index is 0.581. The number of tetrazole rings is 1. The van der Waals surface area contributed by atoms with Gasteiger partial charge in [-0.1, -0.05) is 30.3 Å². The summed E-state index contributed by atoms with van der Waals surface area (Å²) < 4.78 is 1.90. The van der Waals surface area contributed by atoms with Crippen LogP contribution in [-0.4, -0.2) is 51.3 Å². The maximum absolute atomic E-state index is 4.20. The molecule has 1 unspecified atom stereocenters. The molecule has 1 aliphatic heterocycles. The molecule has 0 radical (unpaired) electrons. The van der Waals surface area contributed by atoms with Crippen LogP contribution in [0.4, 0.5) is 0 Å². The first-order chi connectivity index (χ1) is 10.3. The van der Waals surface area contributed by atoms with Crippen molar-refractivity contribution in [3.63, 3.8) is 0 Å². The van der Waals surface area contributed by atoms with Crippen molar-refractivity contribution in [1.29, 1.82) is 0 Å². The molecule has 1 saturated heterocycles. The number of aromatic nitrogens is 4. The topological polar surface area (TPSA) is 58.9 Å². The Morgan fingerprint density at radius 1 is 1.24 bits per heavy atom. The average Bonchev–Trinajstić information content (AvgIpc) is 2.95. The fourth-order valence-electron chi connectivity index (χ4n) is 2.85. The lowest BCUT2D eigenvalue weighted by molar-refractivity contribution is 0.181. The van der Waals surface area contributed by atoms with Gasteiger partial charge in [-0.05, 0) is 42.4 Å². The van der Waals surface area contributed by atoms with Crippen LogP contribution < -0.4 is 5.32 Å². The minimum Gasteiger partial charge on any atom is -0.316 e. The number of nitrogens with one attached hydrogen (secondary N) is 1. The number of benzene rings is 1. The number of likely N-dealkylation sites (N-methyl/N-ethyl adjacent to an activating group) is 1. The third-order valence-electron chi connectivity index (χ3n) is 4.06. The molecule has 2 heterocycles. The van der Waals surface area contributed by atoms with E-state index < -0.39 is 0 Å². The highest BCUT2D eigenvalue weighted by Crippen LogP contribution is 2.12. The Bertz CT molecular complexity index is 552. The van der Waals surface area contributed by atoms with Gasteiger partial charge in [-0.15, -0.1) is 5.10 Å². The third kappa shape index (κ3) is 3.65. The summed E-state index contributed by atoms with van der Waals surface area (Å²) in [7, 11) is 2.04. The first kappa shape index (κ1) is 14.2. The van der Waals surface area contributed by atoms with Gasteiger partial charge in [-0.25, -0.2) is 4.68 Å². The predicted molar refractivity (Wildman–Crippen MR) is 80.7 cm³/mol. The standard InChI is InChI=1S/C15H22N6/c1-16-14-8-5-9-20(11-14)12-15-17-18-19-21(15)10-13-6-3-2-4-7-13/h2-4,6-7,14,16H,5,8-12H2,1H3. The van der Waals surface area contributed by atoms with Crippen molar-refractivity contribution in [3.8, 4) is 0 Å². The van der Waals surface area contributed by atoms with Crippen LogP contribution in [0.2, 0.25) is 0 Å². The van der Waals surface area contributed by atoms with E-state index in [2.05, 4.69) is 37.9 Å². The van der Waals surface area contributed by atoms with Gasteiger partial charge < -0.3 is 5.32 Å². The Morgan fingerprint density at radius 3 is 2.90 bits per heavy atom. The Morgan fingerprint density at radius 2 is 2.10 bits per heavy atom. The zero-order valence-electron chi connectivity index (χ0n) is 12.4. The molecule has 112 valence electrons. The summed E-state index contributed by atoms with van der Waals surface area (Å²) in [5.41, 5.74) is 1.22. The zero-order chi connectivity index (χ0) is 14.5. The number of hydrogen-bond acceptors (Lipinski definition) is 5. The maximum Gasteiger partial charge on any atom is 0.165 e. The Labute approximate surface area is 125 Å². The van der Waals surface area contributed by atoms with E-state index in [-0.39, 0.29) is 0 Å². The van der Waals surface area contributed by atoms with Gasteiger partial charge in [-0.2, -0.15) is 0 Å². The van der Waals surface area contributed by atoms with Gasteiger partial charge in [0.2, 0.25) is 0 Å². The number of piperidine rings is 1. The highest BCUT2D eigenvalue weighted by Gasteiger charge is 2.20. The molecule has 3 rings (SSSR count). The van der Waals surface area contributed by atoms with Crippen molar-refractivity contribution in [1.82, 2.24) is 30.4 Å². The molecule has 21 heavy (non-hydrogen) atoms. The van der Waals surface area contributed by atoms with Gasteiger partial charge in [0, 0.05) is 12.6 Å². The van der Waals surface area contributed by atoms with Gasteiger partial charge in [0.15, 0.2) is 5.82 Å². The number of likely N-dealkylation sites (tertiary alicyclic amines) is 1. The summed E-state index contributed by atoms with van der Waals surface area (Å²) in [6, 6.07) is 10.9. The molecule has 0 amide bonds. The van der Waals surface area contributed by atoms with Crippen molar-refractivity contribution in [2.45, 2.75) is 32.0 Å². The molecule has 2 aromatic rings. The number of nitrogens with zero attached hydrogens (tertiary/aromatic N) is 5. The Hall–Kier alpha value is -1.79. The summed E-state index contributed by atoms with van der Waals surface area (Å²) in [6.07, 6.45) is 2.48. The second-order valence-corrected chi connectivity index (χ2v) is 5.60. The first-order valence-corrected chi connectivity index (χ1v) is 7.54. The molecule has 6 heteroatoms. The normalized spacial score (nSPS) is 19.8. The van der Waals surface area contributed by atoms with Crippen molar-refractivity contribution in [2.75, 3.05) is 20.1 Å². The van der Waals surface area contributed by atoms with Gasteiger partial charge in [-0.3, -0.25) is 4.90 Å². The van der Waals surface area contributed by atoms with Gasteiger partial charge in [0.1, 0.15) is 0 Å². The average molecular weight is 286 g/mol. The van der Waals surface area contributed by atoms with Crippen LogP contribution in [0.25, 0.3) is 0 Å². The fourth-order valence-corrected chi connectivity index (χ4v) is 2.85. The summed E-state index contributed by atoms with van der Waals surface area (Å²) in [6.45, 7) is 3.73. The fraction of sp³-hybridized carbons (Fsp3) is 0.533. The number of hydrogen-bond donors (Lipinski definition) is 1. The molecular formula is C15H22N6. The zero-order valence-corrected chi connectivity index (χ0v) is 12.4. The van der Waals surface area contributed by atoms with Crippen LogP contribution in [0, 0.1) is 0 Å². The van der Waals surface area contributed by atoms with E-state index >= 15 is 0 Å². The Kier molecular flexibility index (Phi) is 4.57. The van der Waals surface area contributed by atoms with Crippen LogP contribution in [-0.2, 0) is 13.1 Å². The molecular weight excluding hydrogens is 264 g/mol. The van der Waals surface area contributed by atoms with E-state index in [1.54, 1.807) is 0 Å². The monoisotopic (exact) mass is 286 g/mol. The summed E-state index contributed by atoms with van der Waals surface area (Å²) in [4.78, 5) is 2.43. The molecule has 0 bridgehead atoms. The summed E-state index contributed by atoms with van der Waals surface area (Å²) >= 11 is 0. The molecule has 6 nitrogen and oxygen atoms in total.